The number of likely N-dealkylation sites (tertiary alicyclic amines) is 1. The number of aliphatic hydroxyl groups excluding tert-OH is 2. The number of nitrogens with one attached hydrogen (secondary N) is 2. The van der Waals surface area contributed by atoms with E-state index in [9.17, 15) is 29.7 Å². The van der Waals surface area contributed by atoms with Crippen molar-refractivity contribution in [3.63, 3.8) is 0 Å². The van der Waals surface area contributed by atoms with E-state index in [-0.39, 0.29) is 56.8 Å². The van der Waals surface area contributed by atoms with Crippen molar-refractivity contribution in [1.29, 1.82) is 0 Å². The highest BCUT2D eigenvalue weighted by Gasteiger charge is 2.56. The fraction of sp³-hybridized carbons (Fsp3) is 0.667. The molecule has 386 valence electrons. The summed E-state index contributed by atoms with van der Waals surface area (Å²) >= 11 is 1.58. The summed E-state index contributed by atoms with van der Waals surface area (Å²) in [4.78, 5) is 47.1. The Hall–Kier alpha value is -4.00. The highest BCUT2D eigenvalue weighted by atomic mass is 32.1. The molecule has 3 aliphatic carbocycles. The number of β-amino-alcohol motifs (C(OH)–C–C–N with tert-alkyl or cyclic N) is 1. The molecule has 3 aromatic rings. The maximum atomic E-state index is 13.9. The number of benzene rings is 2. The number of aliphatic hydroxyl groups is 2. The molecule has 0 spiro atoms. The van der Waals surface area contributed by atoms with Gasteiger partial charge in [-0.15, -0.1) is 11.3 Å². The van der Waals surface area contributed by atoms with Gasteiger partial charge in [-0.3, -0.25) is 14.4 Å². The van der Waals surface area contributed by atoms with Crippen LogP contribution >= 0.6 is 11.3 Å². The average Bonchev–Trinajstić information content (AvgIpc) is 4.04. The van der Waals surface area contributed by atoms with E-state index in [1.165, 1.54) is 16.0 Å². The Balaban J connectivity index is 0.700. The topological polar surface area (TPSA) is 198 Å². The molecule has 15 nitrogen and oxygen atoms in total. The molecule has 0 bridgehead atoms. The highest BCUT2D eigenvalue weighted by Crippen LogP contribution is 2.62. The van der Waals surface area contributed by atoms with Crippen LogP contribution in [0.1, 0.15) is 107 Å². The van der Waals surface area contributed by atoms with Gasteiger partial charge in [0.05, 0.1) is 81.1 Å². The maximum Gasteiger partial charge on any atom is 0.246 e. The zero-order chi connectivity index (χ0) is 49.8. The number of rotatable bonds is 25. The Labute approximate surface area is 418 Å². The van der Waals surface area contributed by atoms with Crippen molar-refractivity contribution in [3.05, 3.63) is 70.4 Å². The van der Waals surface area contributed by atoms with Crippen molar-refractivity contribution in [2.75, 3.05) is 72.6 Å². The number of hydrogen-bond acceptors (Lipinski definition) is 13. The molecule has 2 aromatic carbocycles. The molecule has 0 radical (unpaired) electrons. The van der Waals surface area contributed by atoms with Crippen LogP contribution in [-0.2, 0) is 51.0 Å². The molecule has 5 N–H and O–H groups in total. The fourth-order valence-corrected chi connectivity index (χ4v) is 12.5. The van der Waals surface area contributed by atoms with Gasteiger partial charge in [0.1, 0.15) is 24.4 Å². The van der Waals surface area contributed by atoms with Crippen LogP contribution in [0.2, 0.25) is 0 Å². The van der Waals surface area contributed by atoms with Crippen LogP contribution in [-0.4, -0.2) is 140 Å². The third-order valence-electron chi connectivity index (χ3n) is 15.4. The number of fused-ring (bicyclic) bond motifs is 5. The molecule has 3 amide bonds. The van der Waals surface area contributed by atoms with Gasteiger partial charge in [-0.1, -0.05) is 64.4 Å². The normalized spacial score (nSPS) is 25.5. The number of aromatic nitrogens is 1. The summed E-state index contributed by atoms with van der Waals surface area (Å²) < 4.78 is 28.3. The third kappa shape index (κ3) is 13.7. The van der Waals surface area contributed by atoms with Crippen LogP contribution in [0.4, 0.5) is 0 Å². The van der Waals surface area contributed by atoms with Gasteiger partial charge in [-0.2, -0.15) is 0 Å². The molecule has 3 fully saturated rings. The largest absolute Gasteiger partial charge is 0.508 e. The second-order valence-corrected chi connectivity index (χ2v) is 22.1. The predicted molar refractivity (Wildman–Crippen MR) is 267 cm³/mol. The molecule has 2 saturated carbocycles. The third-order valence-corrected chi connectivity index (χ3v) is 16.4. The second-order valence-electron chi connectivity index (χ2n) is 21.2. The number of phenolic OH excluding ortho intramolecular Hbond substituents is 1. The van der Waals surface area contributed by atoms with Crippen LogP contribution in [0.25, 0.3) is 10.4 Å². The summed E-state index contributed by atoms with van der Waals surface area (Å²) in [6.45, 7) is 13.6. The number of ether oxygens (including phenoxy) is 5. The first-order valence-corrected chi connectivity index (χ1v) is 26.5. The van der Waals surface area contributed by atoms with E-state index >= 15 is 0 Å². The predicted octanol–water partition coefficient (Wildman–Crippen LogP) is 6.33. The van der Waals surface area contributed by atoms with E-state index in [1.807, 2.05) is 69.6 Å². The molecule has 2 heterocycles. The summed E-state index contributed by atoms with van der Waals surface area (Å²) in [7, 11) is 0. The molecular weight excluding hydrogens is 913 g/mol. The Morgan fingerprint density at radius 1 is 0.886 bits per heavy atom. The number of aryl methyl sites for hydroxylation is 1. The van der Waals surface area contributed by atoms with E-state index in [1.54, 1.807) is 11.3 Å². The number of phenols is 1. The van der Waals surface area contributed by atoms with E-state index in [4.69, 9.17) is 23.7 Å². The minimum absolute atomic E-state index is 0.00974. The molecule has 1 saturated heterocycles. The fourth-order valence-electron chi connectivity index (χ4n) is 11.7. The SMILES string of the molecule is Cc1ncsc1-c1ccc(CNC(=O)C2CC(O)CN2C(=O)C(NC(=O)COCCOCCOCCOCCOCCCCC2Cc3cc(O)ccc3C3CCC4(C)C(O)CCC4C23)C(C)(C)C)cc1. The minimum atomic E-state index is -0.956. The van der Waals surface area contributed by atoms with Crippen LogP contribution in [0.5, 0.6) is 5.75 Å². The molecular formula is C54H78N4O11S. The molecule has 9 atom stereocenters. The van der Waals surface area contributed by atoms with Crippen LogP contribution < -0.4 is 10.6 Å². The quantitative estimate of drug-likeness (QED) is 0.0593. The lowest BCUT2D eigenvalue weighted by Gasteiger charge is -2.53. The van der Waals surface area contributed by atoms with Gasteiger partial charge in [-0.05, 0) is 121 Å². The number of thiazole rings is 1. The first kappa shape index (κ1) is 53.8. The average molecular weight is 991 g/mol. The van der Waals surface area contributed by atoms with Crippen molar-refractivity contribution in [1.82, 2.24) is 20.5 Å². The second kappa shape index (κ2) is 25.1. The minimum Gasteiger partial charge on any atom is -0.508 e. The number of carbonyl (C=O) groups excluding carboxylic acids is 3. The van der Waals surface area contributed by atoms with E-state index < -0.39 is 35.4 Å². The summed E-state index contributed by atoms with van der Waals surface area (Å²) in [5, 5.41) is 37.5. The van der Waals surface area contributed by atoms with Gasteiger partial charge in [0.2, 0.25) is 17.7 Å². The standard InChI is InChI=1S/C54H78N4O11S/c1-35-49(70-34-56-35)37-11-9-36(10-12-37)31-55-51(63)45-30-41(60)32-58(45)52(64)50(53(2,3)4)57-47(62)33-69-27-26-68-25-24-67-23-22-66-21-20-65-19-7-6-8-38-28-39-29-40(59)13-14-42(39)43-17-18-54(5)44(48(38)43)15-16-46(54)61/h9-14,29,34,38,41,43-46,48,50,59-61H,6-8,15-28,30-33H2,1-5H3,(H,55,63)(H,57,62). The zero-order valence-electron chi connectivity index (χ0n) is 42.0. The Morgan fingerprint density at radius 3 is 2.21 bits per heavy atom. The van der Waals surface area contributed by atoms with Gasteiger partial charge in [0.15, 0.2) is 0 Å². The van der Waals surface area contributed by atoms with Gasteiger partial charge in [-0.25, -0.2) is 4.98 Å². The Bertz CT molecular complexity index is 2160. The van der Waals surface area contributed by atoms with Crippen LogP contribution in [0, 0.1) is 35.5 Å². The van der Waals surface area contributed by atoms with E-state index in [2.05, 4.69) is 28.6 Å². The summed E-state index contributed by atoms with van der Waals surface area (Å²) in [6, 6.07) is 12.0. The van der Waals surface area contributed by atoms with Crippen molar-refractivity contribution < 1.29 is 53.4 Å². The number of unbranched alkanes of at least 4 members (excludes halogenated alkanes) is 1. The lowest BCUT2D eigenvalue weighted by Crippen LogP contribution is -2.58. The number of aromatic hydroxyl groups is 1. The van der Waals surface area contributed by atoms with Gasteiger partial charge >= 0.3 is 0 Å². The Morgan fingerprint density at radius 2 is 1.56 bits per heavy atom. The maximum absolute atomic E-state index is 13.9. The smallest absolute Gasteiger partial charge is 0.246 e. The van der Waals surface area contributed by atoms with Crippen molar-refractivity contribution >= 4 is 29.1 Å². The zero-order valence-corrected chi connectivity index (χ0v) is 42.8. The van der Waals surface area contributed by atoms with E-state index in [0.717, 1.165) is 73.1 Å². The highest BCUT2D eigenvalue weighted by molar-refractivity contribution is 7.13. The molecule has 1 aromatic heterocycles. The summed E-state index contributed by atoms with van der Waals surface area (Å²) in [5.74, 6) is 1.29. The summed E-state index contributed by atoms with van der Waals surface area (Å²) in [6.07, 6.45) is 7.49. The number of carbonyl (C=O) groups is 3. The molecule has 7 rings (SSSR count). The van der Waals surface area contributed by atoms with Crippen molar-refractivity contribution in [3.8, 4) is 16.2 Å². The molecule has 16 heteroatoms. The Kier molecular flexibility index (Phi) is 19.3. The number of hydrogen-bond donors (Lipinski definition) is 5. The molecule has 1 aliphatic heterocycles. The lowest BCUT2D eigenvalue weighted by molar-refractivity contribution is -0.144. The van der Waals surface area contributed by atoms with E-state index in [0.29, 0.717) is 75.7 Å². The lowest BCUT2D eigenvalue weighted by atomic mass is 9.52. The number of nitrogens with zero attached hydrogens (tertiary/aromatic N) is 2. The van der Waals surface area contributed by atoms with Crippen LogP contribution in [0.15, 0.2) is 48.0 Å². The van der Waals surface area contributed by atoms with Gasteiger partial charge < -0.3 is 54.5 Å². The first-order valence-electron chi connectivity index (χ1n) is 25.6. The van der Waals surface area contributed by atoms with Gasteiger partial charge in [0.25, 0.3) is 0 Å². The van der Waals surface area contributed by atoms with Gasteiger partial charge in [0, 0.05) is 26.1 Å². The summed E-state index contributed by atoms with van der Waals surface area (Å²) in [5.41, 5.74) is 6.80. The number of amides is 3. The molecule has 70 heavy (non-hydrogen) atoms. The molecule has 4 aliphatic rings. The molecule has 9 unspecified atom stereocenters. The van der Waals surface area contributed by atoms with Crippen LogP contribution in [0.3, 0.4) is 0 Å². The monoisotopic (exact) mass is 991 g/mol. The van der Waals surface area contributed by atoms with Crippen molar-refractivity contribution in [2.24, 2.45) is 28.6 Å². The van der Waals surface area contributed by atoms with Crippen molar-refractivity contribution in [2.45, 2.75) is 129 Å². The first-order chi connectivity index (χ1) is 33.6.